The molecule has 3 N–H and O–H groups in total. The number of nitrogens with zero attached hydrogens (tertiary/aromatic N) is 1. The molecule has 0 saturated heterocycles. The van der Waals surface area contributed by atoms with Gasteiger partial charge in [-0.1, -0.05) is 25.3 Å². The van der Waals surface area contributed by atoms with Gasteiger partial charge in [0.2, 0.25) is 0 Å². The summed E-state index contributed by atoms with van der Waals surface area (Å²) in [5.41, 5.74) is 0.276. The summed E-state index contributed by atoms with van der Waals surface area (Å²) in [7, 11) is 0. The summed E-state index contributed by atoms with van der Waals surface area (Å²) < 4.78 is 0. The lowest BCUT2D eigenvalue weighted by atomic mass is 9.78. The molecule has 1 aliphatic carbocycles. The summed E-state index contributed by atoms with van der Waals surface area (Å²) in [6, 6.07) is 3.65. The van der Waals surface area contributed by atoms with E-state index in [9.17, 15) is 9.90 Å². The molecule has 2 rings (SSSR count). The molecule has 0 aliphatic heterocycles. The molecule has 1 heterocycles. The number of hydrogen-bond donors (Lipinski definition) is 3. The Kier molecular flexibility index (Phi) is 6.19. The summed E-state index contributed by atoms with van der Waals surface area (Å²) >= 11 is 0. The van der Waals surface area contributed by atoms with E-state index in [2.05, 4.69) is 15.6 Å². The van der Waals surface area contributed by atoms with E-state index in [1.165, 1.54) is 19.3 Å². The third-order valence-corrected chi connectivity index (χ3v) is 4.51. The summed E-state index contributed by atoms with van der Waals surface area (Å²) in [4.78, 5) is 15.9. The van der Waals surface area contributed by atoms with E-state index >= 15 is 0 Å². The van der Waals surface area contributed by atoms with E-state index in [1.807, 2.05) is 19.1 Å². The Morgan fingerprint density at radius 2 is 2.14 bits per heavy atom. The fourth-order valence-electron chi connectivity index (χ4n) is 3.06. The zero-order valence-corrected chi connectivity index (χ0v) is 13.3. The second-order valence-corrected chi connectivity index (χ2v) is 6.41. The van der Waals surface area contributed by atoms with E-state index in [4.69, 9.17) is 0 Å². The fourth-order valence-corrected chi connectivity index (χ4v) is 3.06. The Labute approximate surface area is 132 Å². The molecule has 0 unspecified atom stereocenters. The second-order valence-electron chi connectivity index (χ2n) is 6.41. The van der Waals surface area contributed by atoms with Gasteiger partial charge in [-0.15, -0.1) is 0 Å². The molecule has 0 spiro atoms. The topological polar surface area (TPSA) is 74.2 Å². The molecule has 0 bridgehead atoms. The number of hydrogen-bond acceptors (Lipinski definition) is 3. The maximum absolute atomic E-state index is 11.8. The average Bonchev–Trinajstić information content (AvgIpc) is 2.55. The number of carbonyl (C=O) groups is 1. The van der Waals surface area contributed by atoms with Crippen LogP contribution in [-0.2, 0) is 6.42 Å². The van der Waals surface area contributed by atoms with Crippen LogP contribution in [0.15, 0.2) is 24.5 Å². The predicted molar refractivity (Wildman–Crippen MR) is 86.5 cm³/mol. The Hall–Kier alpha value is -1.62. The van der Waals surface area contributed by atoms with Crippen molar-refractivity contribution in [3.8, 4) is 0 Å². The van der Waals surface area contributed by atoms with Crippen molar-refractivity contribution in [2.24, 2.45) is 5.92 Å². The molecule has 5 nitrogen and oxygen atoms in total. The largest absolute Gasteiger partial charge is 0.388 e. The molecule has 122 valence electrons. The van der Waals surface area contributed by atoms with Crippen LogP contribution in [0.4, 0.5) is 4.79 Å². The van der Waals surface area contributed by atoms with Gasteiger partial charge in [0.1, 0.15) is 0 Å². The zero-order chi connectivity index (χ0) is 15.8. The number of pyridine rings is 1. The van der Waals surface area contributed by atoms with Gasteiger partial charge in [-0.05, 0) is 43.7 Å². The molecule has 1 saturated carbocycles. The number of aliphatic hydroxyl groups is 1. The van der Waals surface area contributed by atoms with Crippen molar-refractivity contribution in [1.82, 2.24) is 15.6 Å². The molecule has 1 aromatic heterocycles. The molecule has 2 amide bonds. The van der Waals surface area contributed by atoms with Crippen LogP contribution in [0.2, 0.25) is 0 Å². The normalized spacial score (nSPS) is 18.5. The van der Waals surface area contributed by atoms with Crippen LogP contribution in [0.25, 0.3) is 0 Å². The van der Waals surface area contributed by atoms with Gasteiger partial charge in [0.25, 0.3) is 0 Å². The van der Waals surface area contributed by atoms with Crippen molar-refractivity contribution < 1.29 is 9.90 Å². The van der Waals surface area contributed by atoms with Crippen molar-refractivity contribution in [1.29, 1.82) is 0 Å². The molecular formula is C17H27N3O2. The summed E-state index contributed by atoms with van der Waals surface area (Å²) in [6.07, 6.45) is 10.0. The first-order chi connectivity index (χ1) is 10.6. The highest BCUT2D eigenvalue weighted by molar-refractivity contribution is 5.73. The molecule has 1 aromatic rings. The van der Waals surface area contributed by atoms with Gasteiger partial charge in [0.15, 0.2) is 0 Å². The monoisotopic (exact) mass is 305 g/mol. The van der Waals surface area contributed by atoms with E-state index in [-0.39, 0.29) is 11.9 Å². The minimum atomic E-state index is -0.818. The lowest BCUT2D eigenvalue weighted by Crippen LogP contribution is -2.49. The average molecular weight is 305 g/mol. The SMILES string of the molecule is C[C@@](O)(CNC(=O)NCCc1cccnc1)C1CCCCC1. The van der Waals surface area contributed by atoms with Crippen LogP contribution in [0, 0.1) is 5.92 Å². The fraction of sp³-hybridized carbons (Fsp3) is 0.647. The Morgan fingerprint density at radius 3 is 2.82 bits per heavy atom. The van der Waals surface area contributed by atoms with Crippen molar-refractivity contribution in [3.05, 3.63) is 30.1 Å². The summed E-state index contributed by atoms with van der Waals surface area (Å²) in [5, 5.41) is 16.1. The zero-order valence-electron chi connectivity index (χ0n) is 13.3. The summed E-state index contributed by atoms with van der Waals surface area (Å²) in [5.74, 6) is 0.289. The highest BCUT2D eigenvalue weighted by Gasteiger charge is 2.32. The van der Waals surface area contributed by atoms with Crippen LogP contribution in [0.1, 0.15) is 44.6 Å². The number of amides is 2. The minimum Gasteiger partial charge on any atom is -0.388 e. The minimum absolute atomic E-state index is 0.222. The Balaban J connectivity index is 1.66. The Morgan fingerprint density at radius 1 is 1.36 bits per heavy atom. The molecule has 1 aliphatic rings. The first-order valence-electron chi connectivity index (χ1n) is 8.21. The molecule has 0 aromatic carbocycles. The summed E-state index contributed by atoms with van der Waals surface area (Å²) in [6.45, 7) is 2.69. The number of nitrogens with one attached hydrogen (secondary N) is 2. The van der Waals surface area contributed by atoms with Gasteiger partial charge in [-0.25, -0.2) is 4.79 Å². The van der Waals surface area contributed by atoms with E-state index in [0.717, 1.165) is 24.8 Å². The van der Waals surface area contributed by atoms with Crippen LogP contribution in [0.3, 0.4) is 0 Å². The smallest absolute Gasteiger partial charge is 0.314 e. The van der Waals surface area contributed by atoms with E-state index in [1.54, 1.807) is 12.4 Å². The number of rotatable bonds is 6. The third-order valence-electron chi connectivity index (χ3n) is 4.51. The number of carbonyl (C=O) groups excluding carboxylic acids is 1. The highest BCUT2D eigenvalue weighted by Crippen LogP contribution is 2.32. The lowest BCUT2D eigenvalue weighted by molar-refractivity contribution is -0.0130. The number of aromatic nitrogens is 1. The Bertz CT molecular complexity index is 456. The van der Waals surface area contributed by atoms with Gasteiger partial charge in [0.05, 0.1) is 5.60 Å². The highest BCUT2D eigenvalue weighted by atomic mass is 16.3. The molecule has 1 fully saturated rings. The van der Waals surface area contributed by atoms with Gasteiger partial charge >= 0.3 is 6.03 Å². The second kappa shape index (κ2) is 8.13. The van der Waals surface area contributed by atoms with Crippen molar-refractivity contribution in [2.45, 2.75) is 51.0 Å². The van der Waals surface area contributed by atoms with Crippen molar-refractivity contribution >= 4 is 6.03 Å². The molecule has 0 radical (unpaired) electrons. The van der Waals surface area contributed by atoms with Gasteiger partial charge < -0.3 is 15.7 Å². The first kappa shape index (κ1) is 16.7. The predicted octanol–water partition coefficient (Wildman–Crippen LogP) is 2.25. The van der Waals surface area contributed by atoms with Gasteiger partial charge in [-0.2, -0.15) is 0 Å². The van der Waals surface area contributed by atoms with Crippen molar-refractivity contribution in [3.63, 3.8) is 0 Å². The number of urea groups is 1. The quantitative estimate of drug-likeness (QED) is 0.754. The van der Waals surface area contributed by atoms with Crippen LogP contribution in [0.5, 0.6) is 0 Å². The maximum Gasteiger partial charge on any atom is 0.314 e. The van der Waals surface area contributed by atoms with Crippen LogP contribution < -0.4 is 10.6 Å². The molecule has 5 heteroatoms. The third kappa shape index (κ3) is 5.30. The van der Waals surface area contributed by atoms with Crippen LogP contribution in [-0.4, -0.2) is 34.8 Å². The molecule has 1 atom stereocenters. The van der Waals surface area contributed by atoms with Gasteiger partial charge in [0, 0.05) is 25.5 Å². The molecular weight excluding hydrogens is 278 g/mol. The molecule has 22 heavy (non-hydrogen) atoms. The van der Waals surface area contributed by atoms with E-state index in [0.29, 0.717) is 13.1 Å². The first-order valence-corrected chi connectivity index (χ1v) is 8.21. The van der Waals surface area contributed by atoms with Crippen LogP contribution >= 0.6 is 0 Å². The van der Waals surface area contributed by atoms with E-state index < -0.39 is 5.60 Å². The maximum atomic E-state index is 11.8. The standard InChI is InChI=1S/C17H27N3O2/c1-17(22,15-7-3-2-4-8-15)13-20-16(21)19-11-9-14-6-5-10-18-12-14/h5-6,10,12,15,22H,2-4,7-9,11,13H2,1H3,(H2,19,20,21)/t17-/m1/s1. The lowest BCUT2D eigenvalue weighted by Gasteiger charge is -2.35. The van der Waals surface area contributed by atoms with Gasteiger partial charge in [-0.3, -0.25) is 4.98 Å². The van der Waals surface area contributed by atoms with Crippen molar-refractivity contribution in [2.75, 3.05) is 13.1 Å².